The molecule has 6 nitrogen and oxygen atoms in total. The molecule has 1 aliphatic carbocycles. The van der Waals surface area contributed by atoms with E-state index in [9.17, 15) is 10.1 Å². The molecule has 1 saturated carbocycles. The SMILES string of the molecule is N#Cc1cccc(OC2CC(N)C2)c1[N+](=O)[O-]. The molecular weight excluding hydrogens is 222 g/mol. The number of ether oxygens (including phenoxy) is 1. The van der Waals surface area contributed by atoms with Crippen LogP contribution in [0.15, 0.2) is 18.2 Å². The van der Waals surface area contributed by atoms with E-state index in [1.54, 1.807) is 12.1 Å². The van der Waals surface area contributed by atoms with Crippen molar-refractivity contribution < 1.29 is 9.66 Å². The number of nitrogens with two attached hydrogens (primary N) is 1. The van der Waals surface area contributed by atoms with Gasteiger partial charge in [-0.2, -0.15) is 5.26 Å². The third-order valence-electron chi connectivity index (χ3n) is 2.73. The molecular formula is C11H11N3O3. The molecule has 0 bridgehead atoms. The van der Waals surface area contributed by atoms with Crippen LogP contribution >= 0.6 is 0 Å². The molecule has 0 spiro atoms. The molecule has 1 aliphatic rings. The topological polar surface area (TPSA) is 102 Å². The summed E-state index contributed by atoms with van der Waals surface area (Å²) in [6.07, 6.45) is 1.29. The largest absolute Gasteiger partial charge is 0.483 e. The Balaban J connectivity index is 2.27. The molecule has 2 rings (SSSR count). The molecule has 0 aliphatic heterocycles. The number of benzene rings is 1. The Labute approximate surface area is 97.7 Å². The van der Waals surface area contributed by atoms with Crippen LogP contribution in [0.2, 0.25) is 0 Å². The highest BCUT2D eigenvalue weighted by Crippen LogP contribution is 2.34. The van der Waals surface area contributed by atoms with Crippen LogP contribution in [0.25, 0.3) is 0 Å². The van der Waals surface area contributed by atoms with Crippen LogP contribution in [0.3, 0.4) is 0 Å². The van der Waals surface area contributed by atoms with Gasteiger partial charge in [-0.15, -0.1) is 0 Å². The van der Waals surface area contributed by atoms with Gasteiger partial charge in [0, 0.05) is 6.04 Å². The maximum Gasteiger partial charge on any atom is 0.328 e. The summed E-state index contributed by atoms with van der Waals surface area (Å²) in [6, 6.07) is 6.37. The van der Waals surface area contributed by atoms with Crippen LogP contribution in [-0.4, -0.2) is 17.1 Å². The van der Waals surface area contributed by atoms with E-state index in [1.165, 1.54) is 12.1 Å². The molecule has 2 N–H and O–H groups in total. The Morgan fingerprint density at radius 3 is 2.76 bits per heavy atom. The molecule has 6 heteroatoms. The monoisotopic (exact) mass is 233 g/mol. The molecule has 1 aromatic rings. The van der Waals surface area contributed by atoms with Crippen molar-refractivity contribution in [3.63, 3.8) is 0 Å². The lowest BCUT2D eigenvalue weighted by molar-refractivity contribution is -0.386. The lowest BCUT2D eigenvalue weighted by Crippen LogP contribution is -2.43. The van der Waals surface area contributed by atoms with Crippen molar-refractivity contribution >= 4 is 5.69 Å². The zero-order valence-corrected chi connectivity index (χ0v) is 9.00. The average Bonchev–Trinajstić information content (AvgIpc) is 2.26. The van der Waals surface area contributed by atoms with Crippen LogP contribution in [0.4, 0.5) is 5.69 Å². The highest BCUT2D eigenvalue weighted by molar-refractivity contribution is 5.58. The highest BCUT2D eigenvalue weighted by Gasteiger charge is 2.30. The Bertz CT molecular complexity index is 489. The summed E-state index contributed by atoms with van der Waals surface area (Å²) in [5.74, 6) is 0.144. The van der Waals surface area contributed by atoms with E-state index in [0.29, 0.717) is 12.8 Å². The van der Waals surface area contributed by atoms with Crippen molar-refractivity contribution in [2.24, 2.45) is 5.73 Å². The number of nitriles is 1. The number of para-hydroxylation sites is 1. The van der Waals surface area contributed by atoms with Crippen molar-refractivity contribution in [3.05, 3.63) is 33.9 Å². The lowest BCUT2D eigenvalue weighted by atomic mass is 9.90. The highest BCUT2D eigenvalue weighted by atomic mass is 16.6. The summed E-state index contributed by atoms with van der Waals surface area (Å²) < 4.78 is 5.48. The first-order valence-corrected chi connectivity index (χ1v) is 5.21. The molecule has 0 unspecified atom stereocenters. The smallest absolute Gasteiger partial charge is 0.328 e. The van der Waals surface area contributed by atoms with Crippen molar-refractivity contribution in [2.75, 3.05) is 0 Å². The summed E-state index contributed by atoms with van der Waals surface area (Å²) in [7, 11) is 0. The molecule has 0 atom stereocenters. The van der Waals surface area contributed by atoms with Crippen molar-refractivity contribution in [1.82, 2.24) is 0 Å². The maximum atomic E-state index is 10.9. The number of nitro groups is 1. The Morgan fingerprint density at radius 1 is 1.53 bits per heavy atom. The van der Waals surface area contributed by atoms with Gasteiger partial charge >= 0.3 is 5.69 Å². The molecule has 88 valence electrons. The van der Waals surface area contributed by atoms with E-state index in [0.717, 1.165) is 0 Å². The van der Waals surface area contributed by atoms with Crippen molar-refractivity contribution in [3.8, 4) is 11.8 Å². The van der Waals surface area contributed by atoms with E-state index in [4.69, 9.17) is 15.7 Å². The lowest BCUT2D eigenvalue weighted by Gasteiger charge is -2.32. The van der Waals surface area contributed by atoms with Crippen molar-refractivity contribution in [2.45, 2.75) is 25.0 Å². The summed E-state index contributed by atoms with van der Waals surface area (Å²) in [5.41, 5.74) is 5.35. The second-order valence-electron chi connectivity index (χ2n) is 3.99. The molecule has 0 radical (unpaired) electrons. The first kappa shape index (κ1) is 11.4. The van der Waals surface area contributed by atoms with E-state index < -0.39 is 4.92 Å². The zero-order chi connectivity index (χ0) is 12.4. The second kappa shape index (κ2) is 4.39. The van der Waals surface area contributed by atoms with Crippen LogP contribution < -0.4 is 10.5 Å². The Kier molecular flexibility index (Phi) is 2.93. The maximum absolute atomic E-state index is 10.9. The van der Waals surface area contributed by atoms with Gasteiger partial charge in [-0.3, -0.25) is 10.1 Å². The van der Waals surface area contributed by atoms with Gasteiger partial charge in [0.15, 0.2) is 5.75 Å². The standard InChI is InChI=1S/C11H11N3O3/c12-6-7-2-1-3-10(11(7)14(15)16)17-9-4-8(13)5-9/h1-3,8-9H,4-5,13H2. The van der Waals surface area contributed by atoms with Gasteiger partial charge in [0.2, 0.25) is 0 Å². The summed E-state index contributed by atoms with van der Waals surface area (Å²) in [4.78, 5) is 10.3. The third kappa shape index (κ3) is 2.19. The van der Waals surface area contributed by atoms with Gasteiger partial charge in [0.25, 0.3) is 0 Å². The fourth-order valence-corrected chi connectivity index (χ4v) is 1.78. The summed E-state index contributed by atoms with van der Waals surface area (Å²) >= 11 is 0. The van der Waals surface area contributed by atoms with Gasteiger partial charge in [0.1, 0.15) is 17.7 Å². The predicted molar refractivity (Wildman–Crippen MR) is 59.4 cm³/mol. The van der Waals surface area contributed by atoms with E-state index in [1.807, 2.05) is 0 Å². The van der Waals surface area contributed by atoms with Gasteiger partial charge in [-0.05, 0) is 25.0 Å². The first-order valence-electron chi connectivity index (χ1n) is 5.21. The minimum atomic E-state index is -0.591. The average molecular weight is 233 g/mol. The zero-order valence-electron chi connectivity index (χ0n) is 9.00. The van der Waals surface area contributed by atoms with Crippen LogP contribution in [0.1, 0.15) is 18.4 Å². The minimum absolute atomic E-state index is 0.0103. The van der Waals surface area contributed by atoms with Crippen LogP contribution in [0, 0.1) is 21.4 Å². The Hall–Kier alpha value is -2.13. The number of rotatable bonds is 3. The van der Waals surface area contributed by atoms with E-state index >= 15 is 0 Å². The molecule has 0 amide bonds. The number of nitro benzene ring substituents is 1. The van der Waals surface area contributed by atoms with E-state index in [-0.39, 0.29) is 29.1 Å². The normalized spacial score (nSPS) is 22.4. The first-order chi connectivity index (χ1) is 8.11. The van der Waals surface area contributed by atoms with E-state index in [2.05, 4.69) is 0 Å². The van der Waals surface area contributed by atoms with Gasteiger partial charge < -0.3 is 10.5 Å². The fraction of sp³-hybridized carbons (Fsp3) is 0.364. The number of nitrogens with zero attached hydrogens (tertiary/aromatic N) is 2. The van der Waals surface area contributed by atoms with Crippen LogP contribution in [-0.2, 0) is 0 Å². The predicted octanol–water partition coefficient (Wildman–Crippen LogP) is 1.33. The minimum Gasteiger partial charge on any atom is -0.483 e. The second-order valence-corrected chi connectivity index (χ2v) is 3.99. The summed E-state index contributed by atoms with van der Waals surface area (Å²) in [5, 5.41) is 19.7. The van der Waals surface area contributed by atoms with Gasteiger partial charge in [0.05, 0.1) is 4.92 Å². The summed E-state index contributed by atoms with van der Waals surface area (Å²) in [6.45, 7) is 0. The quantitative estimate of drug-likeness (QED) is 0.626. The third-order valence-corrected chi connectivity index (χ3v) is 2.73. The molecule has 17 heavy (non-hydrogen) atoms. The van der Waals surface area contributed by atoms with Gasteiger partial charge in [-0.25, -0.2) is 0 Å². The molecule has 0 heterocycles. The van der Waals surface area contributed by atoms with Crippen LogP contribution in [0.5, 0.6) is 5.75 Å². The fourth-order valence-electron chi connectivity index (χ4n) is 1.78. The number of hydrogen-bond acceptors (Lipinski definition) is 5. The Morgan fingerprint density at radius 2 is 2.24 bits per heavy atom. The molecule has 0 saturated heterocycles. The molecule has 0 aromatic heterocycles. The molecule has 1 aromatic carbocycles. The number of hydrogen-bond donors (Lipinski definition) is 1. The molecule has 1 fully saturated rings. The van der Waals surface area contributed by atoms with Crippen molar-refractivity contribution in [1.29, 1.82) is 5.26 Å². The van der Waals surface area contributed by atoms with Gasteiger partial charge in [-0.1, -0.05) is 6.07 Å².